The van der Waals surface area contributed by atoms with E-state index in [1.165, 1.54) is 0 Å². The second kappa shape index (κ2) is 8.08. The molecule has 1 aromatic rings. The van der Waals surface area contributed by atoms with E-state index in [-0.39, 0.29) is 0 Å². The Hall–Kier alpha value is -1.26. The third kappa shape index (κ3) is 6.76. The van der Waals surface area contributed by atoms with Crippen LogP contribution in [-0.4, -0.2) is 30.7 Å². The van der Waals surface area contributed by atoms with E-state index in [9.17, 15) is 4.79 Å². The molecule has 0 spiro atoms. The molecule has 0 radical (unpaired) electrons. The summed E-state index contributed by atoms with van der Waals surface area (Å²) in [6, 6.07) is 8.55. The zero-order valence-electron chi connectivity index (χ0n) is 8.61. The lowest BCUT2D eigenvalue weighted by Crippen LogP contribution is -2.19. The summed E-state index contributed by atoms with van der Waals surface area (Å²) >= 11 is 5.33. The van der Waals surface area contributed by atoms with Crippen LogP contribution in [0, 0.1) is 0 Å². The smallest absolute Gasteiger partial charge is 0.360 e. The maximum absolute atomic E-state index is 10.2. The van der Waals surface area contributed by atoms with Crippen LogP contribution in [0.4, 0.5) is 0 Å². The summed E-state index contributed by atoms with van der Waals surface area (Å²) < 4.78 is 4.84. The van der Waals surface area contributed by atoms with Gasteiger partial charge in [-0.15, -0.1) is 0 Å². The lowest BCUT2D eigenvalue weighted by Gasteiger charge is -2.06. The van der Waals surface area contributed by atoms with Crippen molar-refractivity contribution in [3.05, 3.63) is 30.3 Å². The van der Waals surface area contributed by atoms with Gasteiger partial charge in [-0.3, -0.25) is 0 Å². The molecule has 15 heavy (non-hydrogen) atoms. The van der Waals surface area contributed by atoms with Gasteiger partial charge in [-0.25, -0.2) is 4.79 Å². The van der Waals surface area contributed by atoms with Crippen LogP contribution in [0.2, 0.25) is 0 Å². The van der Waals surface area contributed by atoms with E-state index in [1.54, 1.807) is 30.3 Å². The zero-order chi connectivity index (χ0) is 11.7. The summed E-state index contributed by atoms with van der Waals surface area (Å²) in [5.41, 5.74) is -1.33. The Morgan fingerprint density at radius 3 is 2.27 bits per heavy atom. The van der Waals surface area contributed by atoms with E-state index in [0.29, 0.717) is 5.75 Å². The Morgan fingerprint density at radius 2 is 1.87 bits per heavy atom. The minimum absolute atomic E-state index is 0.444. The highest BCUT2D eigenvalue weighted by Gasteiger charge is 2.14. The van der Waals surface area contributed by atoms with Crippen molar-refractivity contribution in [2.24, 2.45) is 0 Å². The lowest BCUT2D eigenvalue weighted by atomic mass is 10.3. The molecule has 0 saturated carbocycles. The predicted molar refractivity (Wildman–Crippen MR) is 59.3 cm³/mol. The van der Waals surface area contributed by atoms with Crippen molar-refractivity contribution in [1.29, 1.82) is 0 Å². The van der Waals surface area contributed by atoms with E-state index in [2.05, 4.69) is 5.32 Å². The van der Waals surface area contributed by atoms with Crippen LogP contribution in [0.15, 0.2) is 30.3 Å². The van der Waals surface area contributed by atoms with Gasteiger partial charge in [-0.05, 0) is 26.2 Å². The molecule has 0 heterocycles. The molecule has 0 aliphatic rings. The van der Waals surface area contributed by atoms with Crippen LogP contribution < -0.4 is 10.1 Å². The number of carboxylic acid groups (broad SMARTS) is 1. The number of alkyl halides is 1. The fourth-order valence-corrected chi connectivity index (χ4v) is 0.772. The van der Waals surface area contributed by atoms with Crippen LogP contribution in [0.25, 0.3) is 0 Å². The fraction of sp³-hybridized carbons (Fsp3) is 0.300. The molecule has 2 N–H and O–H groups in total. The molecule has 4 nitrogen and oxygen atoms in total. The molecule has 0 aliphatic carbocycles. The highest BCUT2D eigenvalue weighted by molar-refractivity contribution is 6.28. The van der Waals surface area contributed by atoms with Gasteiger partial charge in [-0.1, -0.05) is 29.8 Å². The van der Waals surface area contributed by atoms with Crippen LogP contribution in [-0.2, 0) is 4.79 Å². The monoisotopic (exact) mass is 231 g/mol. The number of aliphatic carboxylic acids is 1. The average molecular weight is 232 g/mol. The molecule has 0 aliphatic heterocycles. The first-order valence-electron chi connectivity index (χ1n) is 4.29. The molecule has 84 valence electrons. The van der Waals surface area contributed by atoms with E-state index in [0.717, 1.165) is 0 Å². The number of rotatable bonds is 3. The van der Waals surface area contributed by atoms with Gasteiger partial charge in [0, 0.05) is 0 Å². The van der Waals surface area contributed by atoms with Gasteiger partial charge in [0.1, 0.15) is 5.75 Å². The number of benzene rings is 1. The molecular weight excluding hydrogens is 218 g/mol. The van der Waals surface area contributed by atoms with E-state index in [1.807, 2.05) is 14.1 Å². The normalized spacial score (nSPS) is 10.9. The quantitative estimate of drug-likeness (QED) is 0.775. The highest BCUT2D eigenvalue weighted by atomic mass is 35.5. The molecule has 5 heteroatoms. The summed E-state index contributed by atoms with van der Waals surface area (Å²) in [5, 5.41) is 11.1. The number of ether oxygens (including phenoxy) is 1. The number of para-hydroxylation sites is 1. The largest absolute Gasteiger partial charge is 0.478 e. The highest BCUT2D eigenvalue weighted by Crippen LogP contribution is 2.12. The minimum atomic E-state index is -1.33. The Labute approximate surface area is 93.8 Å². The third-order valence-electron chi connectivity index (χ3n) is 1.18. The Morgan fingerprint density at radius 1 is 1.40 bits per heavy atom. The maximum atomic E-state index is 10.2. The van der Waals surface area contributed by atoms with Crippen molar-refractivity contribution < 1.29 is 14.6 Å². The SMILES string of the molecule is CNC.O=C(O)C(Cl)Oc1ccccc1. The van der Waals surface area contributed by atoms with Gasteiger partial charge >= 0.3 is 5.97 Å². The Balaban J connectivity index is 0.000000583. The molecule has 1 rings (SSSR count). The first kappa shape index (κ1) is 13.7. The van der Waals surface area contributed by atoms with E-state index in [4.69, 9.17) is 21.4 Å². The van der Waals surface area contributed by atoms with Crippen LogP contribution >= 0.6 is 11.6 Å². The van der Waals surface area contributed by atoms with Crippen LogP contribution in [0.1, 0.15) is 0 Å². The standard InChI is InChI=1S/C8H7ClO3.C2H7N/c9-7(8(10)11)12-6-4-2-1-3-5-6;1-3-2/h1-5,7H,(H,10,11);3H,1-2H3. The van der Waals surface area contributed by atoms with Crippen molar-refractivity contribution in [2.75, 3.05) is 14.1 Å². The predicted octanol–water partition coefficient (Wildman–Crippen LogP) is 1.55. The summed E-state index contributed by atoms with van der Waals surface area (Å²) in [4.78, 5) is 10.2. The lowest BCUT2D eigenvalue weighted by molar-refractivity contribution is -0.141. The van der Waals surface area contributed by atoms with Crippen molar-refractivity contribution in [2.45, 2.75) is 5.56 Å². The second-order valence-electron chi connectivity index (χ2n) is 2.59. The zero-order valence-corrected chi connectivity index (χ0v) is 9.36. The number of nitrogens with one attached hydrogen (secondary N) is 1. The van der Waals surface area contributed by atoms with Crippen molar-refractivity contribution in [3.63, 3.8) is 0 Å². The first-order valence-corrected chi connectivity index (χ1v) is 4.72. The topological polar surface area (TPSA) is 58.6 Å². The van der Waals surface area contributed by atoms with Crippen molar-refractivity contribution in [3.8, 4) is 5.75 Å². The summed E-state index contributed by atoms with van der Waals surface area (Å²) in [7, 11) is 3.75. The molecule has 0 saturated heterocycles. The molecule has 0 bridgehead atoms. The van der Waals surface area contributed by atoms with Gasteiger partial charge < -0.3 is 15.2 Å². The van der Waals surface area contributed by atoms with Crippen LogP contribution in [0.3, 0.4) is 0 Å². The van der Waals surface area contributed by atoms with Gasteiger partial charge in [0.25, 0.3) is 5.56 Å². The minimum Gasteiger partial charge on any atom is -0.478 e. The van der Waals surface area contributed by atoms with E-state index < -0.39 is 11.5 Å². The van der Waals surface area contributed by atoms with Crippen LogP contribution in [0.5, 0.6) is 5.75 Å². The summed E-state index contributed by atoms with van der Waals surface area (Å²) in [6.45, 7) is 0. The molecular formula is C10H14ClNO3. The van der Waals surface area contributed by atoms with Crippen molar-refractivity contribution in [1.82, 2.24) is 5.32 Å². The first-order chi connectivity index (χ1) is 7.11. The molecule has 0 aromatic heterocycles. The number of halogens is 1. The van der Waals surface area contributed by atoms with Gasteiger partial charge in [0.2, 0.25) is 0 Å². The van der Waals surface area contributed by atoms with Crippen molar-refractivity contribution >= 4 is 17.6 Å². The summed E-state index contributed by atoms with van der Waals surface area (Å²) in [5.74, 6) is -0.750. The Kier molecular flexibility index (Phi) is 7.40. The van der Waals surface area contributed by atoms with Gasteiger partial charge in [-0.2, -0.15) is 0 Å². The number of carboxylic acids is 1. The van der Waals surface area contributed by atoms with Gasteiger partial charge in [0.15, 0.2) is 0 Å². The Bertz CT molecular complexity index is 279. The number of hydrogen-bond acceptors (Lipinski definition) is 3. The summed E-state index contributed by atoms with van der Waals surface area (Å²) in [6.07, 6.45) is 0. The van der Waals surface area contributed by atoms with Gasteiger partial charge in [0.05, 0.1) is 0 Å². The third-order valence-corrected chi connectivity index (χ3v) is 1.45. The van der Waals surface area contributed by atoms with E-state index >= 15 is 0 Å². The number of hydrogen-bond donors (Lipinski definition) is 2. The second-order valence-corrected chi connectivity index (χ2v) is 2.98. The average Bonchev–Trinajstić information content (AvgIpc) is 2.20. The fourth-order valence-electron chi connectivity index (χ4n) is 0.669. The number of carbonyl (C=O) groups is 1. The molecule has 0 fully saturated rings. The maximum Gasteiger partial charge on any atom is 0.360 e. The molecule has 1 atom stereocenters. The molecule has 0 amide bonds. The molecule has 1 aromatic carbocycles. The molecule has 1 unspecified atom stereocenters.